The van der Waals surface area contributed by atoms with Gasteiger partial charge in [-0.3, -0.25) is 0 Å². The van der Waals surface area contributed by atoms with Crippen LogP contribution in [0.25, 0.3) is 6.08 Å². The van der Waals surface area contributed by atoms with Crippen molar-refractivity contribution in [2.75, 3.05) is 6.54 Å². The minimum Gasteiger partial charge on any atom is -0.483 e. The monoisotopic (exact) mass is 233 g/mol. The molecule has 1 aliphatic heterocycles. The fourth-order valence-electron chi connectivity index (χ4n) is 2.01. The van der Waals surface area contributed by atoms with Gasteiger partial charge in [0.05, 0.1) is 6.10 Å². The van der Waals surface area contributed by atoms with Crippen molar-refractivity contribution >= 4 is 6.08 Å². The molecule has 1 aromatic rings. The zero-order valence-corrected chi connectivity index (χ0v) is 10.5. The van der Waals surface area contributed by atoms with Gasteiger partial charge in [0.2, 0.25) is 0 Å². The number of aliphatic hydroxyl groups excluding tert-OH is 1. The summed E-state index contributed by atoms with van der Waals surface area (Å²) in [5, 5.41) is 9.77. The molecule has 1 atom stereocenters. The highest BCUT2D eigenvalue weighted by Crippen LogP contribution is 2.35. The van der Waals surface area contributed by atoms with E-state index in [0.29, 0.717) is 0 Å². The number of fused-ring (bicyclic) bond motifs is 1. The summed E-state index contributed by atoms with van der Waals surface area (Å²) < 4.78 is 5.92. The molecule has 1 aliphatic rings. The molecular formula is C14H19NO2. The summed E-state index contributed by atoms with van der Waals surface area (Å²) in [4.78, 5) is 0. The molecule has 3 N–H and O–H groups in total. The highest BCUT2D eigenvalue weighted by molar-refractivity contribution is 5.64. The number of hydrogen-bond donors (Lipinski definition) is 2. The first-order valence-corrected chi connectivity index (χ1v) is 5.84. The number of benzene rings is 1. The van der Waals surface area contributed by atoms with Crippen molar-refractivity contribution in [2.45, 2.75) is 32.5 Å². The molecule has 2 rings (SSSR count). The van der Waals surface area contributed by atoms with E-state index in [4.69, 9.17) is 10.5 Å². The second-order valence-corrected chi connectivity index (χ2v) is 5.05. The average Bonchev–Trinajstić information content (AvgIpc) is 2.28. The second kappa shape index (κ2) is 4.17. The van der Waals surface area contributed by atoms with Crippen LogP contribution >= 0.6 is 0 Å². The highest BCUT2D eigenvalue weighted by atomic mass is 16.5. The van der Waals surface area contributed by atoms with E-state index < -0.39 is 6.10 Å². The van der Waals surface area contributed by atoms with Crippen LogP contribution in [0.5, 0.6) is 5.75 Å². The summed E-state index contributed by atoms with van der Waals surface area (Å²) in [5.74, 6) is 0.894. The van der Waals surface area contributed by atoms with E-state index in [-0.39, 0.29) is 12.1 Å². The normalized spacial score (nSPS) is 18.4. The van der Waals surface area contributed by atoms with Crippen molar-refractivity contribution in [3.05, 3.63) is 34.9 Å². The average molecular weight is 233 g/mol. The molecule has 0 bridgehead atoms. The van der Waals surface area contributed by atoms with Crippen LogP contribution in [0.2, 0.25) is 0 Å². The van der Waals surface area contributed by atoms with Crippen LogP contribution in [0.15, 0.2) is 18.2 Å². The minimum atomic E-state index is -0.609. The van der Waals surface area contributed by atoms with E-state index in [1.54, 1.807) is 0 Å². The van der Waals surface area contributed by atoms with Gasteiger partial charge in [0.1, 0.15) is 11.4 Å². The van der Waals surface area contributed by atoms with Crippen molar-refractivity contribution < 1.29 is 9.84 Å². The lowest BCUT2D eigenvalue weighted by Crippen LogP contribution is -2.28. The Labute approximate surface area is 102 Å². The van der Waals surface area contributed by atoms with Crippen LogP contribution in [0.1, 0.15) is 36.6 Å². The van der Waals surface area contributed by atoms with E-state index in [1.807, 2.05) is 45.1 Å². The molecule has 0 aromatic heterocycles. The third kappa shape index (κ3) is 2.35. The topological polar surface area (TPSA) is 55.5 Å². The number of hydrogen-bond acceptors (Lipinski definition) is 3. The third-order valence-corrected chi connectivity index (χ3v) is 2.96. The third-order valence-electron chi connectivity index (χ3n) is 2.96. The molecule has 0 spiro atoms. The Kier molecular flexibility index (Phi) is 2.98. The van der Waals surface area contributed by atoms with Gasteiger partial charge in [0, 0.05) is 12.1 Å². The predicted octanol–water partition coefficient (Wildman–Crippen LogP) is 2.17. The van der Waals surface area contributed by atoms with Gasteiger partial charge in [-0.25, -0.2) is 0 Å². The van der Waals surface area contributed by atoms with Gasteiger partial charge < -0.3 is 15.6 Å². The molecule has 3 heteroatoms. The van der Waals surface area contributed by atoms with Crippen LogP contribution in [0.3, 0.4) is 0 Å². The van der Waals surface area contributed by atoms with Crippen LogP contribution in [0.4, 0.5) is 0 Å². The van der Waals surface area contributed by atoms with Gasteiger partial charge in [0.15, 0.2) is 0 Å². The molecule has 1 unspecified atom stereocenters. The van der Waals surface area contributed by atoms with E-state index in [9.17, 15) is 5.11 Å². The maximum Gasteiger partial charge on any atom is 0.130 e. The Balaban J connectivity index is 2.46. The first-order valence-electron chi connectivity index (χ1n) is 5.84. The van der Waals surface area contributed by atoms with Crippen molar-refractivity contribution in [3.8, 4) is 5.75 Å². The summed E-state index contributed by atoms with van der Waals surface area (Å²) >= 11 is 0. The zero-order chi connectivity index (χ0) is 12.6. The van der Waals surface area contributed by atoms with E-state index in [2.05, 4.69) is 0 Å². The molecule has 0 saturated heterocycles. The zero-order valence-electron chi connectivity index (χ0n) is 10.5. The van der Waals surface area contributed by atoms with E-state index >= 15 is 0 Å². The van der Waals surface area contributed by atoms with Gasteiger partial charge in [-0.05, 0) is 50.1 Å². The Bertz CT molecular complexity index is 464. The van der Waals surface area contributed by atoms with Gasteiger partial charge in [-0.15, -0.1) is 0 Å². The van der Waals surface area contributed by atoms with Crippen molar-refractivity contribution in [2.24, 2.45) is 5.73 Å². The van der Waals surface area contributed by atoms with Gasteiger partial charge in [0.25, 0.3) is 0 Å². The standard InChI is InChI=1S/C14H19NO2/c1-9-6-11(12(16)8-15)7-10-4-5-14(2,3)17-13(9)10/h4-7,12,16H,8,15H2,1-3H3. The molecule has 0 fully saturated rings. The fourth-order valence-corrected chi connectivity index (χ4v) is 2.01. The summed E-state index contributed by atoms with van der Waals surface area (Å²) in [5.41, 5.74) is 8.08. The fraction of sp³-hybridized carbons (Fsp3) is 0.429. The predicted molar refractivity (Wildman–Crippen MR) is 68.9 cm³/mol. The molecule has 1 heterocycles. The number of rotatable bonds is 2. The van der Waals surface area contributed by atoms with E-state index in [0.717, 1.165) is 22.4 Å². The lowest BCUT2D eigenvalue weighted by atomic mass is 9.96. The molecule has 92 valence electrons. The van der Waals surface area contributed by atoms with Gasteiger partial charge >= 0.3 is 0 Å². The smallest absolute Gasteiger partial charge is 0.130 e. The van der Waals surface area contributed by atoms with Crippen molar-refractivity contribution in [1.82, 2.24) is 0 Å². The molecule has 3 nitrogen and oxygen atoms in total. The van der Waals surface area contributed by atoms with Crippen LogP contribution < -0.4 is 10.5 Å². The van der Waals surface area contributed by atoms with E-state index in [1.165, 1.54) is 0 Å². The Morgan fingerprint density at radius 1 is 1.41 bits per heavy atom. The lowest BCUT2D eigenvalue weighted by molar-refractivity contribution is 0.157. The molecule has 0 radical (unpaired) electrons. The van der Waals surface area contributed by atoms with Gasteiger partial charge in [-0.1, -0.05) is 6.08 Å². The van der Waals surface area contributed by atoms with Crippen molar-refractivity contribution in [1.29, 1.82) is 0 Å². The number of nitrogens with two attached hydrogens (primary N) is 1. The molecule has 0 saturated carbocycles. The van der Waals surface area contributed by atoms with Crippen molar-refractivity contribution in [3.63, 3.8) is 0 Å². The first kappa shape index (κ1) is 12.1. The Hall–Kier alpha value is -1.32. The molecular weight excluding hydrogens is 214 g/mol. The number of aliphatic hydroxyl groups is 1. The second-order valence-electron chi connectivity index (χ2n) is 5.05. The Morgan fingerprint density at radius 2 is 2.12 bits per heavy atom. The minimum absolute atomic E-state index is 0.230. The largest absolute Gasteiger partial charge is 0.483 e. The molecule has 0 amide bonds. The molecule has 0 aliphatic carbocycles. The molecule has 1 aromatic carbocycles. The van der Waals surface area contributed by atoms with Gasteiger partial charge in [-0.2, -0.15) is 0 Å². The maximum atomic E-state index is 9.77. The number of ether oxygens (including phenoxy) is 1. The quantitative estimate of drug-likeness (QED) is 0.823. The summed E-state index contributed by atoms with van der Waals surface area (Å²) in [6, 6.07) is 3.87. The highest BCUT2D eigenvalue weighted by Gasteiger charge is 2.23. The van der Waals surface area contributed by atoms with Crippen LogP contribution in [-0.4, -0.2) is 17.3 Å². The van der Waals surface area contributed by atoms with Crippen LogP contribution in [0, 0.1) is 6.92 Å². The summed E-state index contributed by atoms with van der Waals surface area (Å²) in [7, 11) is 0. The molecule has 17 heavy (non-hydrogen) atoms. The maximum absolute atomic E-state index is 9.77. The Morgan fingerprint density at radius 3 is 2.76 bits per heavy atom. The lowest BCUT2D eigenvalue weighted by Gasteiger charge is -2.29. The first-order chi connectivity index (χ1) is 7.93. The summed E-state index contributed by atoms with van der Waals surface area (Å²) in [6.45, 7) is 6.26. The summed E-state index contributed by atoms with van der Waals surface area (Å²) in [6.07, 6.45) is 3.45. The SMILES string of the molecule is Cc1cc(C(O)CN)cc2c1OC(C)(C)C=C2. The number of aryl methyl sites for hydroxylation is 1. The van der Waals surface area contributed by atoms with Crippen LogP contribution in [-0.2, 0) is 0 Å².